The lowest BCUT2D eigenvalue weighted by Gasteiger charge is -2.19. The van der Waals surface area contributed by atoms with E-state index in [1.54, 1.807) is 12.3 Å². The Morgan fingerprint density at radius 3 is 2.74 bits per heavy atom. The fourth-order valence-electron chi connectivity index (χ4n) is 2.94. The molecule has 1 heterocycles. The molecule has 144 valence electrons. The summed E-state index contributed by atoms with van der Waals surface area (Å²) in [5.74, 6) is 1.24. The summed E-state index contributed by atoms with van der Waals surface area (Å²) in [5, 5.41) is 9.39. The highest BCUT2D eigenvalue weighted by atomic mass is 79.9. The first-order valence-corrected chi connectivity index (χ1v) is 9.98. The summed E-state index contributed by atoms with van der Waals surface area (Å²) in [5.41, 5.74) is 1.48. The minimum atomic E-state index is -0.142. The second-order valence-electron chi connectivity index (χ2n) is 6.70. The molecule has 6 nitrogen and oxygen atoms in total. The Hall–Kier alpha value is -2.28. The standard InChI is InChI=1S/C20H25BrN4O2/c1-2-22-19(24-13-18(26)23-12-17-7-4-10-27-17)25-14-20(8-9-20)15-5-3-6-16(21)11-15/h3-7,10-11H,2,8-9,12-14H2,1H3,(H,23,26)(H2,22,24,25). The van der Waals surface area contributed by atoms with Crippen LogP contribution in [-0.4, -0.2) is 31.5 Å². The predicted octanol–water partition coefficient (Wildman–Crippen LogP) is 2.95. The van der Waals surface area contributed by atoms with Gasteiger partial charge in [-0.15, -0.1) is 0 Å². The van der Waals surface area contributed by atoms with Crippen LogP contribution in [-0.2, 0) is 16.8 Å². The molecule has 0 spiro atoms. The van der Waals surface area contributed by atoms with Gasteiger partial charge < -0.3 is 20.4 Å². The Labute approximate surface area is 168 Å². The van der Waals surface area contributed by atoms with Gasteiger partial charge in [-0.05, 0) is 49.6 Å². The first-order valence-electron chi connectivity index (χ1n) is 9.19. The smallest absolute Gasteiger partial charge is 0.242 e. The first kappa shape index (κ1) is 19.5. The number of carbonyl (C=O) groups is 1. The van der Waals surface area contributed by atoms with Crippen molar-refractivity contribution in [2.24, 2.45) is 4.99 Å². The molecule has 0 aliphatic heterocycles. The van der Waals surface area contributed by atoms with Gasteiger partial charge in [0.1, 0.15) is 12.3 Å². The fourth-order valence-corrected chi connectivity index (χ4v) is 3.34. The minimum absolute atomic E-state index is 0.0694. The molecule has 7 heteroatoms. The molecule has 2 aromatic rings. The average molecular weight is 433 g/mol. The Morgan fingerprint density at radius 1 is 1.22 bits per heavy atom. The second-order valence-corrected chi connectivity index (χ2v) is 7.61. The maximum absolute atomic E-state index is 12.0. The average Bonchev–Trinajstić information content (AvgIpc) is 3.28. The highest BCUT2D eigenvalue weighted by Gasteiger charge is 2.44. The van der Waals surface area contributed by atoms with Gasteiger partial charge in [-0.3, -0.25) is 4.79 Å². The maximum atomic E-state index is 12.0. The zero-order valence-corrected chi connectivity index (χ0v) is 17.0. The Bertz CT molecular complexity index is 785. The van der Waals surface area contributed by atoms with Gasteiger partial charge in [0.2, 0.25) is 5.91 Å². The van der Waals surface area contributed by atoms with Gasteiger partial charge in [0, 0.05) is 23.0 Å². The van der Waals surface area contributed by atoms with E-state index >= 15 is 0 Å². The Morgan fingerprint density at radius 2 is 2.07 bits per heavy atom. The van der Waals surface area contributed by atoms with E-state index in [0.717, 1.165) is 36.2 Å². The normalized spacial score (nSPS) is 15.3. The molecule has 27 heavy (non-hydrogen) atoms. The molecular weight excluding hydrogens is 408 g/mol. The van der Waals surface area contributed by atoms with Crippen LogP contribution in [0.2, 0.25) is 0 Å². The molecule has 1 saturated carbocycles. The van der Waals surface area contributed by atoms with Crippen LogP contribution in [0.3, 0.4) is 0 Å². The highest BCUT2D eigenvalue weighted by Crippen LogP contribution is 2.48. The molecule has 0 bridgehead atoms. The number of amides is 1. The molecule has 1 aliphatic carbocycles. The van der Waals surface area contributed by atoms with Crippen LogP contribution in [0.4, 0.5) is 0 Å². The van der Waals surface area contributed by atoms with E-state index < -0.39 is 0 Å². The quantitative estimate of drug-likeness (QED) is 0.442. The Kier molecular flexibility index (Phi) is 6.55. The molecule has 3 N–H and O–H groups in total. The van der Waals surface area contributed by atoms with Crippen molar-refractivity contribution in [3.05, 3.63) is 58.5 Å². The lowest BCUT2D eigenvalue weighted by Crippen LogP contribution is -2.42. The van der Waals surface area contributed by atoms with E-state index in [1.807, 2.05) is 19.1 Å². The molecule has 0 unspecified atom stereocenters. The summed E-state index contributed by atoms with van der Waals surface area (Å²) in [6.45, 7) is 3.99. The molecular formula is C20H25BrN4O2. The van der Waals surface area contributed by atoms with Crippen LogP contribution >= 0.6 is 15.9 Å². The van der Waals surface area contributed by atoms with E-state index in [1.165, 1.54) is 5.56 Å². The molecule has 1 aromatic heterocycles. The van der Waals surface area contributed by atoms with E-state index in [2.05, 4.69) is 55.1 Å². The number of nitrogens with one attached hydrogen (secondary N) is 3. The van der Waals surface area contributed by atoms with E-state index in [4.69, 9.17) is 4.42 Å². The van der Waals surface area contributed by atoms with Crippen molar-refractivity contribution in [3.8, 4) is 0 Å². The van der Waals surface area contributed by atoms with Crippen molar-refractivity contribution in [2.45, 2.75) is 31.7 Å². The number of halogens is 1. The van der Waals surface area contributed by atoms with Crippen LogP contribution in [0.1, 0.15) is 31.1 Å². The van der Waals surface area contributed by atoms with Crippen LogP contribution in [0, 0.1) is 0 Å². The predicted molar refractivity (Wildman–Crippen MR) is 110 cm³/mol. The Balaban J connectivity index is 1.52. The van der Waals surface area contributed by atoms with Gasteiger partial charge in [-0.1, -0.05) is 28.1 Å². The third-order valence-corrected chi connectivity index (χ3v) is 5.14. The summed E-state index contributed by atoms with van der Waals surface area (Å²) < 4.78 is 6.30. The lowest BCUT2D eigenvalue weighted by atomic mass is 9.96. The third-order valence-electron chi connectivity index (χ3n) is 4.65. The topological polar surface area (TPSA) is 78.7 Å². The van der Waals surface area contributed by atoms with Gasteiger partial charge in [-0.2, -0.15) is 0 Å². The number of benzene rings is 1. The molecule has 1 aliphatic rings. The zero-order chi connectivity index (χ0) is 19.1. The number of guanidine groups is 1. The molecule has 1 fully saturated rings. The number of aliphatic imine (C=N–C) groups is 1. The number of furan rings is 1. The van der Waals surface area contributed by atoms with Gasteiger partial charge in [0.15, 0.2) is 5.96 Å². The van der Waals surface area contributed by atoms with E-state index in [9.17, 15) is 4.79 Å². The van der Waals surface area contributed by atoms with Gasteiger partial charge in [0.05, 0.1) is 12.8 Å². The summed E-state index contributed by atoms with van der Waals surface area (Å²) >= 11 is 3.55. The molecule has 1 amide bonds. The number of nitrogens with zero attached hydrogens (tertiary/aromatic N) is 1. The minimum Gasteiger partial charge on any atom is -0.467 e. The molecule has 0 atom stereocenters. The van der Waals surface area contributed by atoms with Crippen molar-refractivity contribution >= 4 is 27.8 Å². The molecule has 1 aromatic carbocycles. The van der Waals surface area contributed by atoms with Crippen molar-refractivity contribution in [2.75, 3.05) is 19.6 Å². The van der Waals surface area contributed by atoms with Crippen LogP contribution in [0.5, 0.6) is 0 Å². The largest absolute Gasteiger partial charge is 0.467 e. The van der Waals surface area contributed by atoms with Gasteiger partial charge in [-0.25, -0.2) is 4.99 Å². The maximum Gasteiger partial charge on any atom is 0.242 e. The zero-order valence-electron chi connectivity index (χ0n) is 15.4. The van der Waals surface area contributed by atoms with Crippen molar-refractivity contribution < 1.29 is 9.21 Å². The van der Waals surface area contributed by atoms with E-state index in [-0.39, 0.29) is 17.9 Å². The number of rotatable bonds is 8. The summed E-state index contributed by atoms with van der Waals surface area (Å²) in [6, 6.07) is 12.1. The highest BCUT2D eigenvalue weighted by molar-refractivity contribution is 9.10. The third kappa shape index (κ3) is 5.60. The van der Waals surface area contributed by atoms with Gasteiger partial charge in [0.25, 0.3) is 0 Å². The van der Waals surface area contributed by atoms with Crippen LogP contribution in [0.25, 0.3) is 0 Å². The second kappa shape index (κ2) is 9.08. The summed E-state index contributed by atoms with van der Waals surface area (Å²) in [4.78, 5) is 16.4. The van der Waals surface area contributed by atoms with Crippen molar-refractivity contribution in [1.82, 2.24) is 16.0 Å². The SMILES string of the molecule is CCNC(=NCC(=O)NCc1ccco1)NCC1(c2cccc(Br)c2)CC1. The summed E-state index contributed by atoms with van der Waals surface area (Å²) in [7, 11) is 0. The van der Waals surface area contributed by atoms with Crippen molar-refractivity contribution in [1.29, 1.82) is 0 Å². The monoisotopic (exact) mass is 432 g/mol. The lowest BCUT2D eigenvalue weighted by molar-refractivity contribution is -0.119. The molecule has 0 saturated heterocycles. The number of carbonyl (C=O) groups excluding carboxylic acids is 1. The molecule has 0 radical (unpaired) electrons. The fraction of sp³-hybridized carbons (Fsp3) is 0.400. The summed E-state index contributed by atoms with van der Waals surface area (Å²) in [6.07, 6.45) is 3.89. The van der Waals surface area contributed by atoms with Crippen LogP contribution in [0.15, 0.2) is 56.5 Å². The van der Waals surface area contributed by atoms with Crippen LogP contribution < -0.4 is 16.0 Å². The number of hydrogen-bond donors (Lipinski definition) is 3. The molecule has 3 rings (SSSR count). The van der Waals surface area contributed by atoms with E-state index in [0.29, 0.717) is 12.5 Å². The van der Waals surface area contributed by atoms with Crippen molar-refractivity contribution in [3.63, 3.8) is 0 Å². The van der Waals surface area contributed by atoms with Gasteiger partial charge >= 0.3 is 0 Å². The number of hydrogen-bond acceptors (Lipinski definition) is 3. The first-order chi connectivity index (χ1) is 13.1.